The van der Waals surface area contributed by atoms with Crippen molar-refractivity contribution in [3.63, 3.8) is 0 Å². The molecule has 3 aromatic heterocycles. The third-order valence-corrected chi connectivity index (χ3v) is 7.10. The molecule has 5 rings (SSSR count). The van der Waals surface area contributed by atoms with Gasteiger partial charge in [-0.1, -0.05) is 31.2 Å². The highest BCUT2D eigenvalue weighted by atomic mass is 32.2. The van der Waals surface area contributed by atoms with Gasteiger partial charge in [0.15, 0.2) is 11.5 Å². The van der Waals surface area contributed by atoms with Gasteiger partial charge in [-0.05, 0) is 35.9 Å². The van der Waals surface area contributed by atoms with Crippen molar-refractivity contribution < 1.29 is 23.1 Å². The standard InChI is InChI=1S/C24H23F3N6O2S/c1-2-36-18-5-3-4-14-6-8-17(29-20(14)18)22-31-30-19-9-7-15(12-33(19)22)21(24(25,26)27)32-11-10-16(13-32)28-23(34)35/h3-9,12,16,21,28H,2,10-11,13H2,1H3,(H,34,35)/t16-,21+/m0/s1. The molecule has 1 amide bonds. The third kappa shape index (κ3) is 4.70. The summed E-state index contributed by atoms with van der Waals surface area (Å²) in [6, 6.07) is 10.1. The molecule has 0 bridgehead atoms. The second-order valence-corrected chi connectivity index (χ2v) is 9.85. The van der Waals surface area contributed by atoms with E-state index in [1.165, 1.54) is 27.6 Å². The number of amides is 1. The molecule has 1 saturated heterocycles. The van der Waals surface area contributed by atoms with Crippen LogP contribution in [-0.2, 0) is 0 Å². The molecule has 2 N–H and O–H groups in total. The maximum absolute atomic E-state index is 14.3. The highest BCUT2D eigenvalue weighted by Crippen LogP contribution is 2.40. The van der Waals surface area contributed by atoms with Gasteiger partial charge in [-0.3, -0.25) is 9.30 Å². The monoisotopic (exact) mass is 516 g/mol. The first kappa shape index (κ1) is 24.3. The van der Waals surface area contributed by atoms with E-state index < -0.39 is 24.4 Å². The predicted molar refractivity (Wildman–Crippen MR) is 130 cm³/mol. The van der Waals surface area contributed by atoms with Crippen molar-refractivity contribution in [3.05, 3.63) is 54.2 Å². The molecule has 1 aliphatic rings. The van der Waals surface area contributed by atoms with E-state index in [1.807, 2.05) is 24.3 Å². The summed E-state index contributed by atoms with van der Waals surface area (Å²) in [5, 5.41) is 20.6. The average Bonchev–Trinajstić information content (AvgIpc) is 3.45. The van der Waals surface area contributed by atoms with Crippen LogP contribution in [0, 0.1) is 0 Å². The number of carbonyl (C=O) groups is 1. The highest BCUT2D eigenvalue weighted by Gasteiger charge is 2.47. The second-order valence-electron chi connectivity index (χ2n) is 8.55. The zero-order valence-electron chi connectivity index (χ0n) is 19.2. The summed E-state index contributed by atoms with van der Waals surface area (Å²) < 4.78 is 44.3. The number of thioether (sulfide) groups is 1. The van der Waals surface area contributed by atoms with Crippen LogP contribution in [0.5, 0.6) is 0 Å². The maximum Gasteiger partial charge on any atom is 0.408 e. The number of para-hydroxylation sites is 1. The summed E-state index contributed by atoms with van der Waals surface area (Å²) in [5.41, 5.74) is 1.73. The van der Waals surface area contributed by atoms with Crippen molar-refractivity contribution in [2.75, 3.05) is 18.8 Å². The predicted octanol–water partition coefficient (Wildman–Crippen LogP) is 5.00. The van der Waals surface area contributed by atoms with Gasteiger partial charge < -0.3 is 10.4 Å². The first-order valence-corrected chi connectivity index (χ1v) is 12.4. The van der Waals surface area contributed by atoms with E-state index in [1.54, 1.807) is 17.8 Å². The van der Waals surface area contributed by atoms with E-state index in [2.05, 4.69) is 22.4 Å². The van der Waals surface area contributed by atoms with Gasteiger partial charge in [-0.2, -0.15) is 13.2 Å². The van der Waals surface area contributed by atoms with Gasteiger partial charge in [0.1, 0.15) is 11.7 Å². The summed E-state index contributed by atoms with van der Waals surface area (Å²) in [5.74, 6) is 1.22. The van der Waals surface area contributed by atoms with Crippen LogP contribution in [0.25, 0.3) is 28.1 Å². The van der Waals surface area contributed by atoms with Crippen molar-refractivity contribution in [1.29, 1.82) is 0 Å². The fourth-order valence-electron chi connectivity index (χ4n) is 4.68. The van der Waals surface area contributed by atoms with Gasteiger partial charge in [0, 0.05) is 35.6 Å². The van der Waals surface area contributed by atoms with Crippen molar-refractivity contribution >= 4 is 34.4 Å². The Balaban J connectivity index is 1.55. The van der Waals surface area contributed by atoms with Crippen molar-refractivity contribution in [1.82, 2.24) is 29.8 Å². The van der Waals surface area contributed by atoms with E-state index in [4.69, 9.17) is 10.1 Å². The number of aromatic nitrogens is 4. The Morgan fingerprint density at radius 3 is 2.81 bits per heavy atom. The number of nitrogens with one attached hydrogen (secondary N) is 1. The van der Waals surface area contributed by atoms with Crippen LogP contribution >= 0.6 is 11.8 Å². The molecule has 1 aromatic carbocycles. The molecule has 12 heteroatoms. The highest BCUT2D eigenvalue weighted by molar-refractivity contribution is 7.99. The van der Waals surface area contributed by atoms with Crippen molar-refractivity contribution in [2.45, 2.75) is 36.5 Å². The minimum Gasteiger partial charge on any atom is -0.465 e. The number of rotatable bonds is 6. The molecule has 0 spiro atoms. The van der Waals surface area contributed by atoms with E-state index in [0.717, 1.165) is 21.6 Å². The topological polar surface area (TPSA) is 95.7 Å². The normalized spacial score (nSPS) is 17.6. The maximum atomic E-state index is 14.3. The molecular formula is C24H23F3N6O2S. The lowest BCUT2D eigenvalue weighted by Gasteiger charge is -2.30. The number of likely N-dealkylation sites (tertiary alicyclic amines) is 1. The summed E-state index contributed by atoms with van der Waals surface area (Å²) in [7, 11) is 0. The Morgan fingerprint density at radius 2 is 2.06 bits per heavy atom. The number of alkyl halides is 3. The molecule has 4 aromatic rings. The minimum atomic E-state index is -4.56. The quantitative estimate of drug-likeness (QED) is 0.348. The number of carboxylic acid groups (broad SMARTS) is 1. The molecule has 8 nitrogen and oxygen atoms in total. The van der Waals surface area contributed by atoms with Crippen molar-refractivity contribution in [2.24, 2.45) is 0 Å². The largest absolute Gasteiger partial charge is 0.465 e. The number of fused-ring (bicyclic) bond motifs is 2. The van der Waals surface area contributed by atoms with Gasteiger partial charge in [-0.15, -0.1) is 22.0 Å². The number of halogens is 3. The Morgan fingerprint density at radius 1 is 1.22 bits per heavy atom. The number of hydrogen-bond acceptors (Lipinski definition) is 6. The molecular weight excluding hydrogens is 493 g/mol. The smallest absolute Gasteiger partial charge is 0.408 e. The number of nitrogens with zero attached hydrogens (tertiary/aromatic N) is 5. The molecule has 0 unspecified atom stereocenters. The van der Waals surface area contributed by atoms with Gasteiger partial charge in [0.05, 0.1) is 5.52 Å². The second kappa shape index (κ2) is 9.58. The molecule has 0 saturated carbocycles. The Labute approximate surface area is 208 Å². The summed E-state index contributed by atoms with van der Waals surface area (Å²) >= 11 is 1.66. The van der Waals surface area contributed by atoms with Crippen LogP contribution in [-0.4, -0.2) is 66.7 Å². The first-order chi connectivity index (χ1) is 17.2. The summed E-state index contributed by atoms with van der Waals surface area (Å²) in [4.78, 5) is 18.0. The van der Waals surface area contributed by atoms with E-state index in [9.17, 15) is 18.0 Å². The Hall–Kier alpha value is -3.38. The van der Waals surface area contributed by atoms with Crippen molar-refractivity contribution in [3.8, 4) is 11.5 Å². The third-order valence-electron chi connectivity index (χ3n) is 6.18. The molecule has 0 radical (unpaired) electrons. The SMILES string of the molecule is CCSc1cccc2ccc(-c3nnc4ccc([C@@H](N5CC[C@H](NC(=O)O)C5)C(F)(F)F)cn34)nc12. The summed E-state index contributed by atoms with van der Waals surface area (Å²) in [6.45, 7) is 2.14. The Bertz CT molecular complexity index is 1430. The lowest BCUT2D eigenvalue weighted by Crippen LogP contribution is -2.40. The number of hydrogen-bond donors (Lipinski definition) is 2. The molecule has 2 atom stereocenters. The van der Waals surface area contributed by atoms with E-state index in [0.29, 0.717) is 23.6 Å². The van der Waals surface area contributed by atoms with Gasteiger partial charge in [0.25, 0.3) is 0 Å². The van der Waals surface area contributed by atoms with Gasteiger partial charge >= 0.3 is 12.3 Å². The molecule has 188 valence electrons. The van der Waals surface area contributed by atoms with Crippen LogP contribution in [0.3, 0.4) is 0 Å². The van der Waals surface area contributed by atoms with E-state index >= 15 is 0 Å². The van der Waals surface area contributed by atoms with Crippen LogP contribution < -0.4 is 5.32 Å². The molecule has 36 heavy (non-hydrogen) atoms. The van der Waals surface area contributed by atoms with Crippen LogP contribution in [0.4, 0.5) is 18.0 Å². The van der Waals surface area contributed by atoms with Gasteiger partial charge in [-0.25, -0.2) is 9.78 Å². The van der Waals surface area contributed by atoms with E-state index in [-0.39, 0.29) is 18.7 Å². The molecule has 1 aliphatic heterocycles. The van der Waals surface area contributed by atoms with Crippen LogP contribution in [0.2, 0.25) is 0 Å². The minimum absolute atomic E-state index is 0.0232. The first-order valence-electron chi connectivity index (χ1n) is 11.4. The zero-order chi connectivity index (χ0) is 25.4. The lowest BCUT2D eigenvalue weighted by atomic mass is 10.1. The number of pyridine rings is 2. The lowest BCUT2D eigenvalue weighted by molar-refractivity contribution is -0.184. The molecule has 1 fully saturated rings. The fraction of sp³-hybridized carbons (Fsp3) is 0.333. The summed E-state index contributed by atoms with van der Waals surface area (Å²) in [6.07, 6.45) is -4.10. The van der Waals surface area contributed by atoms with Crippen LogP contribution in [0.1, 0.15) is 24.9 Å². The fourth-order valence-corrected chi connectivity index (χ4v) is 5.47. The zero-order valence-corrected chi connectivity index (χ0v) is 20.1. The molecule has 0 aliphatic carbocycles. The van der Waals surface area contributed by atoms with Crippen LogP contribution in [0.15, 0.2) is 53.6 Å². The molecule has 4 heterocycles. The van der Waals surface area contributed by atoms with Gasteiger partial charge in [0.2, 0.25) is 0 Å². The average molecular weight is 517 g/mol. The Kier molecular flexibility index (Phi) is 6.47. The number of benzene rings is 1.